The van der Waals surface area contributed by atoms with E-state index < -0.39 is 6.10 Å². The topological polar surface area (TPSA) is 60.7 Å². The van der Waals surface area contributed by atoms with Gasteiger partial charge in [0.1, 0.15) is 0 Å². The van der Waals surface area contributed by atoms with E-state index in [-0.39, 0.29) is 13.2 Å². The Bertz CT molecular complexity index is 320. The molecule has 0 spiro atoms. The summed E-state index contributed by atoms with van der Waals surface area (Å²) in [7, 11) is 0. The average molecular weight is 293 g/mol. The molecule has 1 aromatic rings. The fourth-order valence-electron chi connectivity index (χ4n) is 0.991. The molecule has 1 unspecified atom stereocenters. The van der Waals surface area contributed by atoms with Crippen LogP contribution in [0.5, 0.6) is 0 Å². The molecule has 1 aromatic carbocycles. The number of rotatable bonds is 5. The van der Waals surface area contributed by atoms with Gasteiger partial charge in [-0.25, -0.2) is 0 Å². The molecule has 0 fully saturated rings. The Morgan fingerprint density at radius 3 is 2.60 bits per heavy atom. The summed E-state index contributed by atoms with van der Waals surface area (Å²) in [5.74, 6) is 0.460. The highest BCUT2D eigenvalue weighted by molar-refractivity contribution is 9.10. The predicted molar refractivity (Wildman–Crippen MR) is 63.9 cm³/mol. The number of aliphatic hydroxyl groups excluding tert-OH is 3. The molecule has 5 heteroatoms. The lowest BCUT2D eigenvalue weighted by Crippen LogP contribution is -2.14. The van der Waals surface area contributed by atoms with Gasteiger partial charge in [-0.2, -0.15) is 0 Å². The van der Waals surface area contributed by atoms with Crippen molar-refractivity contribution in [1.82, 2.24) is 0 Å². The lowest BCUT2D eigenvalue weighted by atomic mass is 10.2. The van der Waals surface area contributed by atoms with E-state index >= 15 is 0 Å². The van der Waals surface area contributed by atoms with E-state index in [1.165, 1.54) is 11.8 Å². The minimum absolute atomic E-state index is 0.00476. The van der Waals surface area contributed by atoms with E-state index in [1.54, 1.807) is 0 Å². The highest BCUT2D eigenvalue weighted by Gasteiger charge is 2.05. The SMILES string of the molecule is OCc1ccc(SCC(O)CO)cc1Br. The van der Waals surface area contributed by atoms with Crippen molar-refractivity contribution in [3.05, 3.63) is 28.2 Å². The first kappa shape index (κ1) is 13.0. The van der Waals surface area contributed by atoms with E-state index in [9.17, 15) is 0 Å². The molecule has 84 valence electrons. The second-order valence-corrected chi connectivity index (χ2v) is 5.01. The van der Waals surface area contributed by atoms with E-state index in [4.69, 9.17) is 15.3 Å². The van der Waals surface area contributed by atoms with Crippen LogP contribution in [0, 0.1) is 0 Å². The average Bonchev–Trinajstić information content (AvgIpc) is 2.26. The Labute approximate surface area is 101 Å². The first-order chi connectivity index (χ1) is 7.17. The number of aliphatic hydroxyl groups is 3. The molecule has 1 atom stereocenters. The summed E-state index contributed by atoms with van der Waals surface area (Å²) in [6, 6.07) is 5.60. The van der Waals surface area contributed by atoms with Crippen molar-refractivity contribution in [3.63, 3.8) is 0 Å². The van der Waals surface area contributed by atoms with Crippen LogP contribution in [0.15, 0.2) is 27.6 Å². The van der Waals surface area contributed by atoms with Crippen molar-refractivity contribution in [2.24, 2.45) is 0 Å². The quantitative estimate of drug-likeness (QED) is 0.718. The van der Waals surface area contributed by atoms with E-state index in [1.807, 2.05) is 18.2 Å². The number of hydrogen-bond donors (Lipinski definition) is 3. The zero-order valence-corrected chi connectivity index (χ0v) is 10.5. The summed E-state index contributed by atoms with van der Waals surface area (Å²) in [6.07, 6.45) is -0.689. The second-order valence-electron chi connectivity index (χ2n) is 3.06. The van der Waals surface area contributed by atoms with Gasteiger partial charge in [0, 0.05) is 15.1 Å². The number of hydrogen-bond acceptors (Lipinski definition) is 4. The van der Waals surface area contributed by atoms with Gasteiger partial charge in [-0.05, 0) is 17.7 Å². The molecule has 3 N–H and O–H groups in total. The van der Waals surface area contributed by atoms with Crippen molar-refractivity contribution in [3.8, 4) is 0 Å². The first-order valence-corrected chi connectivity index (χ1v) is 6.26. The third-order valence-corrected chi connectivity index (χ3v) is 3.72. The van der Waals surface area contributed by atoms with Crippen LogP contribution in [-0.4, -0.2) is 33.8 Å². The summed E-state index contributed by atoms with van der Waals surface area (Å²) in [5.41, 5.74) is 0.835. The Hall–Kier alpha value is -0.0700. The molecular weight excluding hydrogens is 280 g/mol. The molecule has 1 rings (SSSR count). The third-order valence-electron chi connectivity index (χ3n) is 1.85. The summed E-state index contributed by atoms with van der Waals surface area (Å²) < 4.78 is 0.855. The van der Waals surface area contributed by atoms with Gasteiger partial charge in [0.25, 0.3) is 0 Å². The molecule has 0 saturated heterocycles. The van der Waals surface area contributed by atoms with Crippen LogP contribution >= 0.6 is 27.7 Å². The minimum atomic E-state index is -0.689. The molecule has 3 nitrogen and oxygen atoms in total. The van der Waals surface area contributed by atoms with Crippen LogP contribution in [0.1, 0.15) is 5.56 Å². The summed E-state index contributed by atoms with van der Waals surface area (Å²) in [4.78, 5) is 0.992. The molecule has 0 heterocycles. The molecule has 15 heavy (non-hydrogen) atoms. The predicted octanol–water partition coefficient (Wildman–Crippen LogP) is 1.39. The summed E-state index contributed by atoms with van der Waals surface area (Å²) >= 11 is 4.81. The smallest absolute Gasteiger partial charge is 0.0864 e. The molecule has 0 aliphatic heterocycles. The maximum Gasteiger partial charge on any atom is 0.0864 e. The molecule has 0 aliphatic carbocycles. The number of thioether (sulfide) groups is 1. The second kappa shape index (κ2) is 6.50. The van der Waals surface area contributed by atoms with Crippen LogP contribution in [0.3, 0.4) is 0 Å². The maximum absolute atomic E-state index is 9.17. The lowest BCUT2D eigenvalue weighted by molar-refractivity contribution is 0.113. The van der Waals surface area contributed by atoms with Gasteiger partial charge >= 0.3 is 0 Å². The van der Waals surface area contributed by atoms with Crippen LogP contribution in [0.2, 0.25) is 0 Å². The van der Waals surface area contributed by atoms with Gasteiger partial charge in [0.15, 0.2) is 0 Å². The largest absolute Gasteiger partial charge is 0.394 e. The van der Waals surface area contributed by atoms with E-state index in [2.05, 4.69) is 15.9 Å². The van der Waals surface area contributed by atoms with Crippen molar-refractivity contribution in [2.75, 3.05) is 12.4 Å². The van der Waals surface area contributed by atoms with Crippen molar-refractivity contribution in [1.29, 1.82) is 0 Å². The molecular formula is C10H13BrO3S. The van der Waals surface area contributed by atoms with Gasteiger partial charge in [0.05, 0.1) is 19.3 Å². The molecule has 0 bridgehead atoms. The summed E-state index contributed by atoms with van der Waals surface area (Å²) in [6.45, 7) is -0.215. The monoisotopic (exact) mass is 292 g/mol. The van der Waals surface area contributed by atoms with Gasteiger partial charge < -0.3 is 15.3 Å². The standard InChI is InChI=1S/C10H13BrO3S/c11-10-3-9(2-1-7(10)4-12)15-6-8(14)5-13/h1-3,8,12-14H,4-6H2. The molecule has 0 aliphatic rings. The molecule has 0 aromatic heterocycles. The van der Waals surface area contributed by atoms with Gasteiger partial charge in [-0.15, -0.1) is 11.8 Å². The van der Waals surface area contributed by atoms with Gasteiger partial charge in [-0.3, -0.25) is 0 Å². The Balaban J connectivity index is 2.59. The highest BCUT2D eigenvalue weighted by atomic mass is 79.9. The minimum Gasteiger partial charge on any atom is -0.394 e. The van der Waals surface area contributed by atoms with Crippen LogP contribution < -0.4 is 0 Å². The Morgan fingerprint density at radius 2 is 2.07 bits per heavy atom. The zero-order valence-electron chi connectivity index (χ0n) is 8.06. The number of halogens is 1. The van der Waals surface area contributed by atoms with Gasteiger partial charge in [0.2, 0.25) is 0 Å². The fourth-order valence-corrected chi connectivity index (χ4v) is 2.50. The summed E-state index contributed by atoms with van der Waals surface area (Å²) in [5, 5.41) is 26.8. The number of benzene rings is 1. The lowest BCUT2D eigenvalue weighted by Gasteiger charge is -2.08. The Morgan fingerprint density at radius 1 is 1.33 bits per heavy atom. The highest BCUT2D eigenvalue weighted by Crippen LogP contribution is 2.25. The Kier molecular flexibility index (Phi) is 5.63. The molecule has 0 amide bonds. The maximum atomic E-state index is 9.17. The first-order valence-electron chi connectivity index (χ1n) is 4.48. The van der Waals surface area contributed by atoms with Crippen molar-refractivity contribution in [2.45, 2.75) is 17.6 Å². The van der Waals surface area contributed by atoms with Crippen LogP contribution in [0.4, 0.5) is 0 Å². The van der Waals surface area contributed by atoms with Crippen molar-refractivity contribution >= 4 is 27.7 Å². The van der Waals surface area contributed by atoms with E-state index in [0.29, 0.717) is 5.75 Å². The van der Waals surface area contributed by atoms with Gasteiger partial charge in [-0.1, -0.05) is 22.0 Å². The third kappa shape index (κ3) is 4.12. The van der Waals surface area contributed by atoms with Crippen LogP contribution in [-0.2, 0) is 6.61 Å². The normalized spacial score (nSPS) is 12.8. The van der Waals surface area contributed by atoms with Crippen molar-refractivity contribution < 1.29 is 15.3 Å². The molecule has 0 radical (unpaired) electrons. The fraction of sp³-hybridized carbons (Fsp3) is 0.400. The molecule has 0 saturated carbocycles. The van der Waals surface area contributed by atoms with E-state index in [0.717, 1.165) is 14.9 Å². The zero-order chi connectivity index (χ0) is 11.3. The van der Waals surface area contributed by atoms with Crippen LogP contribution in [0.25, 0.3) is 0 Å².